The van der Waals surface area contributed by atoms with Crippen molar-refractivity contribution in [2.45, 2.75) is 39.0 Å². The van der Waals surface area contributed by atoms with Gasteiger partial charge in [0, 0.05) is 22.1 Å². The Balaban J connectivity index is 2.81. The average Bonchev–Trinajstić information content (AvgIpc) is 2.35. The fraction of sp³-hybridized carbons (Fsp3) is 0.467. The van der Waals surface area contributed by atoms with Gasteiger partial charge in [-0.1, -0.05) is 21.9 Å². The number of rotatable bonds is 6. The summed E-state index contributed by atoms with van der Waals surface area (Å²) in [5.41, 5.74) is 0.629. The molecule has 0 aromatic heterocycles. The fourth-order valence-electron chi connectivity index (χ4n) is 1.42. The Morgan fingerprint density at radius 2 is 2.21 bits per heavy atom. The molecule has 1 aromatic carbocycles. The highest BCUT2D eigenvalue weighted by atomic mass is 79.9. The number of terminal acetylenes is 1. The molecule has 4 heteroatoms. The van der Waals surface area contributed by atoms with Crippen LogP contribution in [0.3, 0.4) is 0 Å². The summed E-state index contributed by atoms with van der Waals surface area (Å²) in [4.78, 5) is 0. The summed E-state index contributed by atoms with van der Waals surface area (Å²) in [5.74, 6) is 3.21. The number of nitrogens with one attached hydrogen (secondary N) is 1. The second kappa shape index (κ2) is 6.95. The maximum absolute atomic E-state index is 9.69. The number of ether oxygens (including phenoxy) is 1. The van der Waals surface area contributed by atoms with Crippen LogP contribution in [0.1, 0.15) is 26.3 Å². The van der Waals surface area contributed by atoms with Crippen molar-refractivity contribution < 1.29 is 9.84 Å². The lowest BCUT2D eigenvalue weighted by Crippen LogP contribution is -2.47. The van der Waals surface area contributed by atoms with Gasteiger partial charge in [0.05, 0.1) is 6.10 Å². The molecule has 1 aromatic rings. The predicted molar refractivity (Wildman–Crippen MR) is 81.1 cm³/mol. The number of aliphatic hydroxyl groups excluding tert-OH is 1. The predicted octanol–water partition coefficient (Wildman–Crippen LogP) is 2.71. The molecule has 0 bridgehead atoms. The maximum Gasteiger partial charge on any atom is 0.148 e. The van der Waals surface area contributed by atoms with Gasteiger partial charge in [-0.2, -0.15) is 0 Å². The molecule has 0 fully saturated rings. The Labute approximate surface area is 123 Å². The lowest BCUT2D eigenvalue weighted by molar-refractivity contribution is 0.0954. The van der Waals surface area contributed by atoms with E-state index < -0.39 is 6.10 Å². The van der Waals surface area contributed by atoms with E-state index >= 15 is 0 Å². The Morgan fingerprint density at radius 1 is 1.53 bits per heavy atom. The largest absolute Gasteiger partial charge is 0.481 e. The van der Waals surface area contributed by atoms with Gasteiger partial charge in [0.1, 0.15) is 12.4 Å². The van der Waals surface area contributed by atoms with Crippen molar-refractivity contribution in [1.29, 1.82) is 0 Å². The first-order valence-electron chi connectivity index (χ1n) is 6.14. The zero-order valence-electron chi connectivity index (χ0n) is 11.5. The summed E-state index contributed by atoms with van der Waals surface area (Å²) in [5, 5.41) is 13.0. The monoisotopic (exact) mass is 325 g/mol. The zero-order chi connectivity index (χ0) is 14.5. The molecule has 0 spiro atoms. The zero-order valence-corrected chi connectivity index (χ0v) is 13.1. The second-order valence-corrected chi connectivity index (χ2v) is 5.91. The first-order chi connectivity index (χ1) is 8.86. The van der Waals surface area contributed by atoms with E-state index in [0.29, 0.717) is 6.54 Å². The van der Waals surface area contributed by atoms with Gasteiger partial charge in [0.2, 0.25) is 0 Å². The molecule has 2 N–H and O–H groups in total. The average molecular weight is 326 g/mol. The minimum Gasteiger partial charge on any atom is -0.481 e. The molecule has 3 nitrogen and oxygen atoms in total. The minimum atomic E-state index is -0.449. The smallest absolute Gasteiger partial charge is 0.148 e. The number of hydrogen-bond acceptors (Lipinski definition) is 3. The van der Waals surface area contributed by atoms with Crippen LogP contribution in [-0.4, -0.2) is 23.4 Å². The van der Waals surface area contributed by atoms with E-state index in [0.717, 1.165) is 15.8 Å². The van der Waals surface area contributed by atoms with Gasteiger partial charge >= 0.3 is 0 Å². The first kappa shape index (κ1) is 16.0. The Morgan fingerprint density at radius 3 is 2.79 bits per heavy atom. The molecule has 0 aliphatic carbocycles. The number of aliphatic hydroxyl groups is 1. The third-order valence-electron chi connectivity index (χ3n) is 3.11. The summed E-state index contributed by atoms with van der Waals surface area (Å²) in [6.45, 7) is 6.52. The summed E-state index contributed by atoms with van der Waals surface area (Å²) >= 11 is 3.44. The molecule has 0 aliphatic rings. The van der Waals surface area contributed by atoms with Crippen LogP contribution in [0, 0.1) is 12.3 Å². The van der Waals surface area contributed by atoms with Gasteiger partial charge in [0.25, 0.3) is 0 Å². The molecule has 1 rings (SSSR count). The van der Waals surface area contributed by atoms with E-state index in [1.54, 1.807) is 6.92 Å². The van der Waals surface area contributed by atoms with Crippen LogP contribution in [0.15, 0.2) is 22.7 Å². The molecule has 1 atom stereocenters. The third-order valence-corrected chi connectivity index (χ3v) is 3.61. The van der Waals surface area contributed by atoms with E-state index in [-0.39, 0.29) is 12.1 Å². The van der Waals surface area contributed by atoms with E-state index in [9.17, 15) is 5.11 Å². The SMILES string of the molecule is C#CCOc1ccc(Br)cc1CNC(C)(C)C(C)O. The molecule has 1 unspecified atom stereocenters. The van der Waals surface area contributed by atoms with Crippen LogP contribution in [0.25, 0.3) is 0 Å². The Kier molecular flexibility index (Phi) is 5.86. The van der Waals surface area contributed by atoms with Crippen molar-refractivity contribution in [3.8, 4) is 18.1 Å². The third kappa shape index (κ3) is 4.87. The van der Waals surface area contributed by atoms with E-state index in [4.69, 9.17) is 11.2 Å². The highest BCUT2D eigenvalue weighted by Crippen LogP contribution is 2.24. The van der Waals surface area contributed by atoms with Gasteiger partial charge in [0.15, 0.2) is 0 Å². The van der Waals surface area contributed by atoms with Crippen molar-refractivity contribution in [2.24, 2.45) is 0 Å². The highest BCUT2D eigenvalue weighted by molar-refractivity contribution is 9.10. The normalized spacial score (nSPS) is 12.8. The molecule has 19 heavy (non-hydrogen) atoms. The number of hydrogen-bond donors (Lipinski definition) is 2. The van der Waals surface area contributed by atoms with Crippen molar-refractivity contribution in [3.05, 3.63) is 28.2 Å². The molecule has 0 heterocycles. The first-order valence-corrected chi connectivity index (χ1v) is 6.94. The van der Waals surface area contributed by atoms with Crippen LogP contribution in [0.5, 0.6) is 5.75 Å². The molecule has 0 saturated heterocycles. The van der Waals surface area contributed by atoms with Crippen LogP contribution in [0.2, 0.25) is 0 Å². The maximum atomic E-state index is 9.69. The van der Waals surface area contributed by atoms with Crippen molar-refractivity contribution in [3.63, 3.8) is 0 Å². The van der Waals surface area contributed by atoms with Crippen molar-refractivity contribution in [1.82, 2.24) is 5.32 Å². The topological polar surface area (TPSA) is 41.5 Å². The molecule has 0 aliphatic heterocycles. The lowest BCUT2D eigenvalue weighted by Gasteiger charge is -2.30. The summed E-state index contributed by atoms with van der Waals surface area (Å²) in [6.07, 6.45) is 4.76. The fourth-order valence-corrected chi connectivity index (χ4v) is 1.83. The van der Waals surface area contributed by atoms with Gasteiger partial charge in [-0.25, -0.2) is 0 Å². The molecule has 0 amide bonds. The molecular formula is C15H20BrNO2. The highest BCUT2D eigenvalue weighted by Gasteiger charge is 2.23. The molecule has 104 valence electrons. The van der Waals surface area contributed by atoms with E-state index in [1.807, 2.05) is 32.0 Å². The number of benzene rings is 1. The van der Waals surface area contributed by atoms with Crippen LogP contribution >= 0.6 is 15.9 Å². The minimum absolute atomic E-state index is 0.244. The van der Waals surface area contributed by atoms with Crippen molar-refractivity contribution >= 4 is 15.9 Å². The standard InChI is InChI=1S/C15H20BrNO2/c1-5-8-19-14-7-6-13(16)9-12(14)10-17-15(3,4)11(2)18/h1,6-7,9,11,17-18H,8,10H2,2-4H3. The van der Waals surface area contributed by atoms with Gasteiger partial charge in [-0.3, -0.25) is 0 Å². The van der Waals surface area contributed by atoms with Crippen LogP contribution in [-0.2, 0) is 6.54 Å². The van der Waals surface area contributed by atoms with E-state index in [1.165, 1.54) is 0 Å². The molecule has 0 radical (unpaired) electrons. The van der Waals surface area contributed by atoms with Crippen molar-refractivity contribution in [2.75, 3.05) is 6.61 Å². The van der Waals surface area contributed by atoms with Crippen LogP contribution < -0.4 is 10.1 Å². The van der Waals surface area contributed by atoms with Gasteiger partial charge < -0.3 is 15.2 Å². The molecule has 0 saturated carbocycles. The summed E-state index contributed by atoms with van der Waals surface area (Å²) in [6, 6.07) is 5.78. The number of halogens is 1. The Bertz CT molecular complexity index is 464. The molecular weight excluding hydrogens is 306 g/mol. The van der Waals surface area contributed by atoms with Gasteiger partial charge in [-0.15, -0.1) is 6.42 Å². The van der Waals surface area contributed by atoms with E-state index in [2.05, 4.69) is 27.2 Å². The lowest BCUT2D eigenvalue weighted by atomic mass is 9.98. The van der Waals surface area contributed by atoms with Crippen LogP contribution in [0.4, 0.5) is 0 Å². The Hall–Kier alpha value is -1.02. The second-order valence-electron chi connectivity index (χ2n) is 5.00. The summed E-state index contributed by atoms with van der Waals surface area (Å²) < 4.78 is 6.49. The summed E-state index contributed by atoms with van der Waals surface area (Å²) in [7, 11) is 0. The quantitative estimate of drug-likeness (QED) is 0.790. The van der Waals surface area contributed by atoms with Gasteiger partial charge in [-0.05, 0) is 39.0 Å².